The van der Waals surface area contributed by atoms with Crippen LogP contribution in [0.25, 0.3) is 0 Å². The van der Waals surface area contributed by atoms with Crippen LogP contribution in [0, 0.1) is 6.92 Å². The van der Waals surface area contributed by atoms with Gasteiger partial charge >= 0.3 is 0 Å². The summed E-state index contributed by atoms with van der Waals surface area (Å²) in [4.78, 5) is 13.3. The molecule has 0 bridgehead atoms. The molecule has 0 atom stereocenters. The van der Waals surface area contributed by atoms with Crippen LogP contribution in [0.4, 0.5) is 5.69 Å². The van der Waals surface area contributed by atoms with Gasteiger partial charge in [0.05, 0.1) is 25.0 Å². The van der Waals surface area contributed by atoms with Gasteiger partial charge in [0.15, 0.2) is 0 Å². The van der Waals surface area contributed by atoms with Crippen molar-refractivity contribution in [3.05, 3.63) is 41.7 Å². The zero-order chi connectivity index (χ0) is 14.5. The standard InChI is InChI=1S/C14H17N3O2S/c1-10-3-4-12(20-2)7-13(10)14(19)16-11-8-15-17(9-11)5-6-18/h3-4,7-9,18H,5-6H2,1-2H3,(H,16,19). The van der Waals surface area contributed by atoms with Crippen LogP contribution in [-0.4, -0.2) is 33.7 Å². The maximum Gasteiger partial charge on any atom is 0.256 e. The summed E-state index contributed by atoms with van der Waals surface area (Å²) in [5.74, 6) is -0.151. The fourth-order valence-corrected chi connectivity index (χ4v) is 2.26. The molecule has 1 amide bonds. The molecule has 2 rings (SSSR count). The molecule has 1 aromatic carbocycles. The molecular formula is C14H17N3O2S. The Morgan fingerprint density at radius 1 is 1.50 bits per heavy atom. The number of hydrogen-bond acceptors (Lipinski definition) is 4. The quantitative estimate of drug-likeness (QED) is 0.828. The first-order valence-corrected chi connectivity index (χ1v) is 7.46. The molecule has 0 fully saturated rings. The molecular weight excluding hydrogens is 274 g/mol. The minimum atomic E-state index is -0.151. The molecule has 2 aromatic rings. The lowest BCUT2D eigenvalue weighted by Crippen LogP contribution is -2.13. The van der Waals surface area contributed by atoms with E-state index in [1.54, 1.807) is 28.8 Å². The van der Waals surface area contributed by atoms with Crippen LogP contribution in [0.3, 0.4) is 0 Å². The van der Waals surface area contributed by atoms with Crippen molar-refractivity contribution < 1.29 is 9.90 Å². The van der Waals surface area contributed by atoms with E-state index in [4.69, 9.17) is 5.11 Å². The molecule has 0 aliphatic rings. The minimum absolute atomic E-state index is 0.0178. The first-order valence-electron chi connectivity index (χ1n) is 6.23. The van der Waals surface area contributed by atoms with Crippen molar-refractivity contribution >= 4 is 23.4 Å². The van der Waals surface area contributed by atoms with Crippen LogP contribution in [-0.2, 0) is 6.54 Å². The second-order valence-electron chi connectivity index (χ2n) is 4.35. The number of nitrogens with one attached hydrogen (secondary N) is 1. The van der Waals surface area contributed by atoms with E-state index >= 15 is 0 Å². The Morgan fingerprint density at radius 3 is 3.00 bits per heavy atom. The Balaban J connectivity index is 2.14. The predicted octanol–water partition coefficient (Wildman–Crippen LogP) is 2.16. The third kappa shape index (κ3) is 3.40. The normalized spacial score (nSPS) is 10.6. The number of aliphatic hydroxyl groups is 1. The van der Waals surface area contributed by atoms with Crippen LogP contribution < -0.4 is 5.32 Å². The highest BCUT2D eigenvalue weighted by molar-refractivity contribution is 7.98. The zero-order valence-electron chi connectivity index (χ0n) is 11.5. The Hall–Kier alpha value is -1.79. The molecule has 0 saturated heterocycles. The maximum absolute atomic E-state index is 12.3. The van der Waals surface area contributed by atoms with Crippen molar-refractivity contribution in [2.45, 2.75) is 18.4 Å². The maximum atomic E-state index is 12.3. The average Bonchev–Trinajstić information content (AvgIpc) is 2.87. The van der Waals surface area contributed by atoms with Gasteiger partial charge in [-0.25, -0.2) is 0 Å². The summed E-state index contributed by atoms with van der Waals surface area (Å²) in [6.45, 7) is 2.34. The Labute approximate surface area is 122 Å². The highest BCUT2D eigenvalue weighted by Gasteiger charge is 2.11. The van der Waals surface area contributed by atoms with Gasteiger partial charge < -0.3 is 10.4 Å². The smallest absolute Gasteiger partial charge is 0.256 e. The van der Waals surface area contributed by atoms with Gasteiger partial charge in [-0.05, 0) is 30.9 Å². The first kappa shape index (κ1) is 14.6. The zero-order valence-corrected chi connectivity index (χ0v) is 12.3. The number of hydrogen-bond donors (Lipinski definition) is 2. The van der Waals surface area contributed by atoms with Gasteiger partial charge in [-0.3, -0.25) is 9.48 Å². The molecule has 6 heteroatoms. The molecule has 20 heavy (non-hydrogen) atoms. The number of aromatic nitrogens is 2. The highest BCUT2D eigenvalue weighted by atomic mass is 32.2. The highest BCUT2D eigenvalue weighted by Crippen LogP contribution is 2.20. The fraction of sp³-hybridized carbons (Fsp3) is 0.286. The molecule has 0 unspecified atom stereocenters. The fourth-order valence-electron chi connectivity index (χ4n) is 1.82. The van der Waals surface area contributed by atoms with E-state index in [0.29, 0.717) is 17.8 Å². The lowest BCUT2D eigenvalue weighted by atomic mass is 10.1. The van der Waals surface area contributed by atoms with E-state index in [-0.39, 0.29) is 12.5 Å². The van der Waals surface area contributed by atoms with Gasteiger partial charge in [0.2, 0.25) is 0 Å². The molecule has 5 nitrogen and oxygen atoms in total. The molecule has 106 valence electrons. The van der Waals surface area contributed by atoms with Gasteiger partial charge in [0, 0.05) is 16.7 Å². The molecule has 1 aromatic heterocycles. The van der Waals surface area contributed by atoms with Crippen LogP contribution in [0.5, 0.6) is 0 Å². The van der Waals surface area contributed by atoms with E-state index in [1.807, 2.05) is 31.4 Å². The van der Waals surface area contributed by atoms with E-state index in [9.17, 15) is 4.79 Å². The Morgan fingerprint density at radius 2 is 2.30 bits per heavy atom. The van der Waals surface area contributed by atoms with Gasteiger partial charge in [-0.15, -0.1) is 11.8 Å². The third-order valence-electron chi connectivity index (χ3n) is 2.91. The van der Waals surface area contributed by atoms with Gasteiger partial charge in [0.1, 0.15) is 0 Å². The number of anilines is 1. The lowest BCUT2D eigenvalue weighted by molar-refractivity contribution is 0.102. The van der Waals surface area contributed by atoms with Gasteiger partial charge in [-0.2, -0.15) is 5.10 Å². The van der Waals surface area contributed by atoms with Crippen molar-refractivity contribution in [1.82, 2.24) is 9.78 Å². The number of carbonyl (C=O) groups is 1. The number of rotatable bonds is 5. The number of aliphatic hydroxyl groups excluding tert-OH is 1. The van der Waals surface area contributed by atoms with E-state index in [1.165, 1.54) is 0 Å². The number of aryl methyl sites for hydroxylation is 1. The van der Waals surface area contributed by atoms with Crippen molar-refractivity contribution in [1.29, 1.82) is 0 Å². The van der Waals surface area contributed by atoms with Crippen molar-refractivity contribution in [3.8, 4) is 0 Å². The van der Waals surface area contributed by atoms with Crippen molar-refractivity contribution in [3.63, 3.8) is 0 Å². The third-order valence-corrected chi connectivity index (χ3v) is 3.63. The second-order valence-corrected chi connectivity index (χ2v) is 5.23. The monoisotopic (exact) mass is 291 g/mol. The summed E-state index contributed by atoms with van der Waals surface area (Å²) < 4.78 is 1.58. The van der Waals surface area contributed by atoms with E-state index in [2.05, 4.69) is 10.4 Å². The SMILES string of the molecule is CSc1ccc(C)c(C(=O)Nc2cnn(CCO)c2)c1. The van der Waals surface area contributed by atoms with Crippen LogP contribution >= 0.6 is 11.8 Å². The number of thioether (sulfide) groups is 1. The molecule has 0 aliphatic carbocycles. The summed E-state index contributed by atoms with van der Waals surface area (Å²) in [5.41, 5.74) is 2.22. The van der Waals surface area contributed by atoms with Gasteiger partial charge in [0.25, 0.3) is 5.91 Å². The van der Waals surface area contributed by atoms with E-state index in [0.717, 1.165) is 10.5 Å². The summed E-state index contributed by atoms with van der Waals surface area (Å²) in [5, 5.41) is 15.7. The molecule has 2 N–H and O–H groups in total. The summed E-state index contributed by atoms with van der Waals surface area (Å²) in [6, 6.07) is 5.82. The van der Waals surface area contributed by atoms with Crippen molar-refractivity contribution in [2.24, 2.45) is 0 Å². The Kier molecular flexibility index (Phi) is 4.81. The van der Waals surface area contributed by atoms with Gasteiger partial charge in [-0.1, -0.05) is 6.07 Å². The van der Waals surface area contributed by atoms with Crippen LogP contribution in [0.15, 0.2) is 35.5 Å². The molecule has 1 heterocycles. The minimum Gasteiger partial charge on any atom is -0.394 e. The van der Waals surface area contributed by atoms with Crippen LogP contribution in [0.1, 0.15) is 15.9 Å². The average molecular weight is 291 g/mol. The summed E-state index contributed by atoms with van der Waals surface area (Å²) in [6.07, 6.45) is 5.24. The lowest BCUT2D eigenvalue weighted by Gasteiger charge is -2.07. The predicted molar refractivity (Wildman–Crippen MR) is 80.2 cm³/mol. The molecule has 0 aliphatic heterocycles. The molecule has 0 spiro atoms. The molecule has 0 saturated carbocycles. The Bertz CT molecular complexity index is 610. The number of benzene rings is 1. The van der Waals surface area contributed by atoms with Crippen LogP contribution in [0.2, 0.25) is 0 Å². The first-order chi connectivity index (χ1) is 9.63. The largest absolute Gasteiger partial charge is 0.394 e. The topological polar surface area (TPSA) is 67.2 Å². The van der Waals surface area contributed by atoms with Crippen molar-refractivity contribution in [2.75, 3.05) is 18.2 Å². The second kappa shape index (κ2) is 6.58. The number of amides is 1. The number of carbonyl (C=O) groups excluding carboxylic acids is 1. The summed E-state index contributed by atoms with van der Waals surface area (Å²) in [7, 11) is 0. The van der Waals surface area contributed by atoms with E-state index < -0.39 is 0 Å². The molecule has 0 radical (unpaired) electrons. The summed E-state index contributed by atoms with van der Waals surface area (Å²) >= 11 is 1.60. The number of nitrogens with zero attached hydrogens (tertiary/aromatic N) is 2.